The fourth-order valence-electron chi connectivity index (χ4n) is 2.63. The Morgan fingerprint density at radius 2 is 1.86 bits per heavy atom. The standard InChI is InChI=1S/C12H25NO/c1-3-8-11(13)12(14-4-2)9-6-5-7-10-12/h11H,3-10,13H2,1-2H3. The van der Waals surface area contributed by atoms with E-state index in [4.69, 9.17) is 10.5 Å². The average molecular weight is 199 g/mol. The first-order chi connectivity index (χ1) is 6.75. The maximum absolute atomic E-state index is 6.26. The van der Waals surface area contributed by atoms with Gasteiger partial charge in [0.25, 0.3) is 0 Å². The van der Waals surface area contributed by atoms with E-state index in [1.54, 1.807) is 0 Å². The van der Waals surface area contributed by atoms with Gasteiger partial charge in [-0.1, -0.05) is 32.6 Å². The van der Waals surface area contributed by atoms with Crippen molar-refractivity contribution in [3.05, 3.63) is 0 Å². The summed E-state index contributed by atoms with van der Waals surface area (Å²) in [7, 11) is 0. The summed E-state index contributed by atoms with van der Waals surface area (Å²) in [6, 6.07) is 0.243. The summed E-state index contributed by atoms with van der Waals surface area (Å²) in [6.07, 6.45) is 8.53. The Morgan fingerprint density at radius 3 is 2.36 bits per heavy atom. The van der Waals surface area contributed by atoms with E-state index in [2.05, 4.69) is 13.8 Å². The molecule has 1 atom stereocenters. The van der Waals surface area contributed by atoms with Crippen molar-refractivity contribution in [2.75, 3.05) is 6.61 Å². The second-order valence-corrected chi connectivity index (χ2v) is 4.45. The quantitative estimate of drug-likeness (QED) is 0.739. The van der Waals surface area contributed by atoms with Crippen LogP contribution in [0.5, 0.6) is 0 Å². The highest BCUT2D eigenvalue weighted by atomic mass is 16.5. The van der Waals surface area contributed by atoms with Gasteiger partial charge in [-0.2, -0.15) is 0 Å². The van der Waals surface area contributed by atoms with Gasteiger partial charge >= 0.3 is 0 Å². The van der Waals surface area contributed by atoms with Crippen LogP contribution in [0.2, 0.25) is 0 Å². The van der Waals surface area contributed by atoms with Crippen LogP contribution < -0.4 is 5.73 Å². The van der Waals surface area contributed by atoms with E-state index < -0.39 is 0 Å². The largest absolute Gasteiger partial charge is 0.374 e. The third kappa shape index (κ3) is 2.71. The van der Waals surface area contributed by atoms with E-state index in [9.17, 15) is 0 Å². The topological polar surface area (TPSA) is 35.2 Å². The van der Waals surface area contributed by atoms with Crippen LogP contribution in [-0.2, 0) is 4.74 Å². The SMILES string of the molecule is CCCC(N)C1(OCC)CCCCC1. The maximum atomic E-state index is 6.26. The van der Waals surface area contributed by atoms with E-state index in [1.165, 1.54) is 32.1 Å². The first-order valence-electron chi connectivity index (χ1n) is 6.14. The Labute approximate surface area is 88.2 Å². The molecule has 2 heteroatoms. The minimum absolute atomic E-state index is 0.0169. The van der Waals surface area contributed by atoms with E-state index in [0.29, 0.717) is 0 Å². The van der Waals surface area contributed by atoms with Crippen LogP contribution >= 0.6 is 0 Å². The van der Waals surface area contributed by atoms with E-state index in [1.807, 2.05) is 0 Å². The van der Waals surface area contributed by atoms with Gasteiger partial charge in [0.2, 0.25) is 0 Å². The van der Waals surface area contributed by atoms with Crippen molar-refractivity contribution in [2.24, 2.45) is 5.73 Å². The zero-order valence-electron chi connectivity index (χ0n) is 9.72. The molecule has 1 saturated carbocycles. The number of rotatable bonds is 5. The zero-order valence-corrected chi connectivity index (χ0v) is 9.72. The van der Waals surface area contributed by atoms with E-state index >= 15 is 0 Å². The molecular formula is C12H25NO. The lowest BCUT2D eigenvalue weighted by atomic mass is 9.78. The molecule has 0 spiro atoms. The molecule has 0 radical (unpaired) electrons. The van der Waals surface area contributed by atoms with E-state index in [0.717, 1.165) is 19.4 Å². The molecule has 1 fully saturated rings. The van der Waals surface area contributed by atoms with Crippen molar-refractivity contribution in [2.45, 2.75) is 70.4 Å². The lowest BCUT2D eigenvalue weighted by Crippen LogP contribution is -2.51. The van der Waals surface area contributed by atoms with E-state index in [-0.39, 0.29) is 11.6 Å². The van der Waals surface area contributed by atoms with Crippen LogP contribution in [0, 0.1) is 0 Å². The second-order valence-electron chi connectivity index (χ2n) is 4.45. The molecule has 2 N–H and O–H groups in total. The third-order valence-electron chi connectivity index (χ3n) is 3.41. The second kappa shape index (κ2) is 5.72. The fraction of sp³-hybridized carbons (Fsp3) is 1.00. The van der Waals surface area contributed by atoms with Gasteiger partial charge in [0.05, 0.1) is 5.60 Å². The molecule has 1 aliphatic rings. The molecule has 84 valence electrons. The Balaban J connectivity index is 2.58. The predicted molar refractivity (Wildman–Crippen MR) is 60.3 cm³/mol. The molecule has 0 saturated heterocycles. The highest BCUT2D eigenvalue weighted by Crippen LogP contribution is 2.35. The summed E-state index contributed by atoms with van der Waals surface area (Å²) in [6.45, 7) is 5.08. The summed E-state index contributed by atoms with van der Waals surface area (Å²) < 4.78 is 5.96. The fourth-order valence-corrected chi connectivity index (χ4v) is 2.63. The average Bonchev–Trinajstić information content (AvgIpc) is 2.20. The van der Waals surface area contributed by atoms with Gasteiger partial charge in [0.1, 0.15) is 0 Å². The Bertz CT molecular complexity index is 147. The molecule has 0 aromatic carbocycles. The van der Waals surface area contributed by atoms with Gasteiger partial charge in [-0.05, 0) is 26.2 Å². The van der Waals surface area contributed by atoms with Crippen molar-refractivity contribution < 1.29 is 4.74 Å². The van der Waals surface area contributed by atoms with Gasteiger partial charge in [0.15, 0.2) is 0 Å². The highest BCUT2D eigenvalue weighted by molar-refractivity contribution is 4.93. The minimum Gasteiger partial charge on any atom is -0.374 e. The number of nitrogens with two attached hydrogens (primary N) is 1. The monoisotopic (exact) mass is 199 g/mol. The smallest absolute Gasteiger partial charge is 0.0832 e. The molecule has 2 nitrogen and oxygen atoms in total. The Kier molecular flexibility index (Phi) is 4.90. The molecule has 1 unspecified atom stereocenters. The number of hydrogen-bond donors (Lipinski definition) is 1. The number of ether oxygens (including phenoxy) is 1. The van der Waals surface area contributed by atoms with Crippen molar-refractivity contribution >= 4 is 0 Å². The molecular weight excluding hydrogens is 174 g/mol. The number of hydrogen-bond acceptors (Lipinski definition) is 2. The summed E-state index contributed by atoms with van der Waals surface area (Å²) in [5.74, 6) is 0. The van der Waals surface area contributed by atoms with Crippen molar-refractivity contribution in [3.8, 4) is 0 Å². The lowest BCUT2D eigenvalue weighted by molar-refractivity contribution is -0.0834. The van der Waals surface area contributed by atoms with Crippen molar-refractivity contribution in [3.63, 3.8) is 0 Å². The van der Waals surface area contributed by atoms with Gasteiger partial charge in [-0.25, -0.2) is 0 Å². The third-order valence-corrected chi connectivity index (χ3v) is 3.41. The summed E-state index contributed by atoms with van der Waals surface area (Å²) in [4.78, 5) is 0. The zero-order chi connectivity index (χ0) is 10.4. The normalized spacial score (nSPS) is 23.4. The van der Waals surface area contributed by atoms with Gasteiger partial charge in [-0.15, -0.1) is 0 Å². The minimum atomic E-state index is 0.0169. The predicted octanol–water partition coefficient (Wildman–Crippen LogP) is 2.85. The van der Waals surface area contributed by atoms with Crippen LogP contribution in [0.25, 0.3) is 0 Å². The molecule has 0 amide bonds. The molecule has 14 heavy (non-hydrogen) atoms. The van der Waals surface area contributed by atoms with Gasteiger partial charge in [0, 0.05) is 12.6 Å². The van der Waals surface area contributed by atoms with Gasteiger partial charge < -0.3 is 10.5 Å². The highest BCUT2D eigenvalue weighted by Gasteiger charge is 2.37. The van der Waals surface area contributed by atoms with Gasteiger partial charge in [-0.3, -0.25) is 0 Å². The molecule has 0 heterocycles. The van der Waals surface area contributed by atoms with Crippen LogP contribution in [0.3, 0.4) is 0 Å². The molecule has 0 bridgehead atoms. The summed E-state index contributed by atoms with van der Waals surface area (Å²) >= 11 is 0. The molecule has 0 aliphatic heterocycles. The Hall–Kier alpha value is -0.0800. The van der Waals surface area contributed by atoms with Crippen LogP contribution in [0.15, 0.2) is 0 Å². The first-order valence-corrected chi connectivity index (χ1v) is 6.14. The molecule has 1 aliphatic carbocycles. The lowest BCUT2D eigenvalue weighted by Gasteiger charge is -2.41. The maximum Gasteiger partial charge on any atom is 0.0832 e. The summed E-state index contributed by atoms with van der Waals surface area (Å²) in [5.41, 5.74) is 6.27. The Morgan fingerprint density at radius 1 is 1.21 bits per heavy atom. The van der Waals surface area contributed by atoms with Crippen LogP contribution in [0.4, 0.5) is 0 Å². The molecule has 1 rings (SSSR count). The van der Waals surface area contributed by atoms with Crippen LogP contribution in [0.1, 0.15) is 58.8 Å². The molecule has 0 aromatic heterocycles. The first kappa shape index (κ1) is 12.0. The summed E-state index contributed by atoms with van der Waals surface area (Å²) in [5, 5.41) is 0. The molecule has 0 aromatic rings. The van der Waals surface area contributed by atoms with Crippen LogP contribution in [-0.4, -0.2) is 18.2 Å². The van der Waals surface area contributed by atoms with Crippen molar-refractivity contribution in [1.29, 1.82) is 0 Å². The van der Waals surface area contributed by atoms with Crippen molar-refractivity contribution in [1.82, 2.24) is 0 Å².